The van der Waals surface area contributed by atoms with Crippen LogP contribution >= 0.6 is 0 Å². The molecule has 0 spiro atoms. The molecule has 5 rings (SSSR count). The minimum absolute atomic E-state index is 0.358. The van der Waals surface area contributed by atoms with Gasteiger partial charge in [-0.3, -0.25) is 19.4 Å². The van der Waals surface area contributed by atoms with Crippen molar-refractivity contribution in [2.75, 3.05) is 26.2 Å². The SMILES string of the molecule is CC12CN3CC(C)(CN(C1)C3c1ccc(O)cc1)C2.O=C(O)CC(O)(CC(=O)O)C(=O)O. The number of hydrogen-bond acceptors (Lipinski definition) is 7. The Morgan fingerprint density at radius 3 is 1.66 bits per heavy atom. The van der Waals surface area contributed by atoms with Crippen LogP contribution in [0.15, 0.2) is 24.3 Å². The van der Waals surface area contributed by atoms with Gasteiger partial charge in [-0.15, -0.1) is 0 Å². The minimum atomic E-state index is -2.74. The third kappa shape index (κ3) is 5.03. The number of carbonyl (C=O) groups is 3. The summed E-state index contributed by atoms with van der Waals surface area (Å²) in [6.07, 6.45) is -0.500. The summed E-state index contributed by atoms with van der Waals surface area (Å²) in [7, 11) is 0. The summed E-state index contributed by atoms with van der Waals surface area (Å²) in [5.41, 5.74) is -0.474. The molecule has 10 nitrogen and oxygen atoms in total. The maximum atomic E-state index is 10.3. The molecule has 1 aromatic rings. The van der Waals surface area contributed by atoms with Crippen LogP contribution in [0.25, 0.3) is 0 Å². The lowest BCUT2D eigenvalue weighted by Gasteiger charge is -2.66. The quantitative estimate of drug-likeness (QED) is 0.426. The lowest BCUT2D eigenvalue weighted by molar-refractivity contribution is -0.194. The second-order valence-electron chi connectivity index (χ2n) is 10.1. The highest BCUT2D eigenvalue weighted by atomic mass is 16.4. The van der Waals surface area contributed by atoms with Crippen molar-refractivity contribution >= 4 is 17.9 Å². The van der Waals surface area contributed by atoms with E-state index >= 15 is 0 Å². The predicted octanol–water partition coefficient (Wildman–Crippen LogP) is 1.19. The van der Waals surface area contributed by atoms with Crippen LogP contribution in [0, 0.1) is 10.8 Å². The van der Waals surface area contributed by atoms with Crippen LogP contribution in [0.5, 0.6) is 5.75 Å². The molecule has 0 amide bonds. The van der Waals surface area contributed by atoms with Crippen LogP contribution in [-0.2, 0) is 14.4 Å². The number of piperidine rings is 2. The first kappa shape index (κ1) is 24.0. The summed E-state index contributed by atoms with van der Waals surface area (Å²) >= 11 is 0. The number of carboxylic acids is 3. The van der Waals surface area contributed by atoms with E-state index in [0.717, 1.165) is 0 Å². The lowest BCUT2D eigenvalue weighted by Crippen LogP contribution is -2.70. The van der Waals surface area contributed by atoms with Crippen molar-refractivity contribution in [3.05, 3.63) is 29.8 Å². The zero-order valence-corrected chi connectivity index (χ0v) is 18.2. The fourth-order valence-electron chi connectivity index (χ4n) is 5.79. The van der Waals surface area contributed by atoms with Gasteiger partial charge in [0.2, 0.25) is 0 Å². The first-order chi connectivity index (χ1) is 14.7. The van der Waals surface area contributed by atoms with Crippen molar-refractivity contribution in [3.8, 4) is 5.75 Å². The van der Waals surface area contributed by atoms with Crippen LogP contribution in [0.4, 0.5) is 0 Å². The van der Waals surface area contributed by atoms with E-state index in [1.54, 1.807) is 0 Å². The van der Waals surface area contributed by atoms with E-state index in [1.165, 1.54) is 38.2 Å². The van der Waals surface area contributed by atoms with Crippen LogP contribution in [-0.4, -0.2) is 85.0 Å². The Balaban J connectivity index is 0.000000198. The molecule has 176 valence electrons. The first-order valence-electron chi connectivity index (χ1n) is 10.4. The van der Waals surface area contributed by atoms with E-state index in [1.807, 2.05) is 12.1 Å². The molecular formula is C22H30N2O8. The average molecular weight is 450 g/mol. The van der Waals surface area contributed by atoms with E-state index in [4.69, 9.17) is 20.4 Å². The van der Waals surface area contributed by atoms with Gasteiger partial charge in [-0.2, -0.15) is 0 Å². The fraction of sp³-hybridized carbons (Fsp3) is 0.591. The van der Waals surface area contributed by atoms with Gasteiger partial charge in [0.25, 0.3) is 0 Å². The van der Waals surface area contributed by atoms with Gasteiger partial charge in [0.05, 0.1) is 19.0 Å². The van der Waals surface area contributed by atoms with E-state index in [9.17, 15) is 19.5 Å². The van der Waals surface area contributed by atoms with Gasteiger partial charge in [-0.05, 0) is 34.9 Å². The molecule has 0 aromatic heterocycles. The normalized spacial score (nSPS) is 32.7. The van der Waals surface area contributed by atoms with Crippen molar-refractivity contribution in [1.29, 1.82) is 0 Å². The van der Waals surface area contributed by atoms with E-state index in [2.05, 4.69) is 35.8 Å². The highest BCUT2D eigenvalue weighted by Gasteiger charge is 2.56. The largest absolute Gasteiger partial charge is 0.508 e. The third-order valence-electron chi connectivity index (χ3n) is 6.36. The molecule has 32 heavy (non-hydrogen) atoms. The van der Waals surface area contributed by atoms with Crippen molar-refractivity contribution in [2.45, 2.75) is 44.9 Å². The number of aliphatic carboxylic acids is 3. The van der Waals surface area contributed by atoms with E-state index in [0.29, 0.717) is 22.7 Å². The summed E-state index contributed by atoms with van der Waals surface area (Å²) < 4.78 is 0. The Hall–Kier alpha value is -2.69. The molecule has 0 aliphatic carbocycles. The molecule has 0 radical (unpaired) electrons. The molecule has 10 heteroatoms. The maximum Gasteiger partial charge on any atom is 0.336 e. The Labute approximate surface area is 185 Å². The van der Waals surface area contributed by atoms with Crippen LogP contribution in [0.3, 0.4) is 0 Å². The molecule has 4 heterocycles. The monoisotopic (exact) mass is 450 g/mol. The van der Waals surface area contributed by atoms with Crippen LogP contribution < -0.4 is 0 Å². The van der Waals surface area contributed by atoms with Crippen molar-refractivity contribution in [2.24, 2.45) is 10.8 Å². The van der Waals surface area contributed by atoms with Gasteiger partial charge in [0.15, 0.2) is 5.60 Å². The maximum absolute atomic E-state index is 10.3. The fourth-order valence-corrected chi connectivity index (χ4v) is 5.79. The molecule has 4 bridgehead atoms. The molecule has 0 saturated carbocycles. The highest BCUT2D eigenvalue weighted by molar-refractivity contribution is 5.88. The number of rotatable bonds is 6. The summed E-state index contributed by atoms with van der Waals surface area (Å²) in [6, 6.07) is 7.78. The molecule has 4 saturated heterocycles. The van der Waals surface area contributed by atoms with Gasteiger partial charge in [-0.1, -0.05) is 26.0 Å². The molecule has 5 N–H and O–H groups in total. The van der Waals surface area contributed by atoms with Crippen molar-refractivity contribution in [1.82, 2.24) is 9.80 Å². The number of aromatic hydroxyl groups is 1. The molecule has 0 atom stereocenters. The summed E-state index contributed by atoms with van der Waals surface area (Å²) in [5.74, 6) is -4.66. The average Bonchev–Trinajstić information content (AvgIpc) is 2.59. The summed E-state index contributed by atoms with van der Waals surface area (Å²) in [5, 5.41) is 43.3. The van der Waals surface area contributed by atoms with Crippen molar-refractivity contribution in [3.63, 3.8) is 0 Å². The smallest absolute Gasteiger partial charge is 0.336 e. The second kappa shape index (κ2) is 8.34. The van der Waals surface area contributed by atoms with Gasteiger partial charge in [0, 0.05) is 26.2 Å². The van der Waals surface area contributed by atoms with Gasteiger partial charge >= 0.3 is 17.9 Å². The molecule has 4 aliphatic rings. The molecule has 0 unspecified atom stereocenters. The Morgan fingerprint density at radius 1 is 0.906 bits per heavy atom. The molecule has 4 aliphatic heterocycles. The van der Waals surface area contributed by atoms with Gasteiger partial charge in [0.1, 0.15) is 5.75 Å². The number of nitrogens with zero attached hydrogens (tertiary/aromatic N) is 2. The van der Waals surface area contributed by atoms with Crippen molar-refractivity contribution < 1.29 is 39.9 Å². The Kier molecular flexibility index (Phi) is 6.25. The number of hydrogen-bond donors (Lipinski definition) is 5. The van der Waals surface area contributed by atoms with Crippen LogP contribution in [0.1, 0.15) is 44.8 Å². The molecule has 1 aromatic carbocycles. The highest BCUT2D eigenvalue weighted by Crippen LogP contribution is 2.54. The van der Waals surface area contributed by atoms with Gasteiger partial charge < -0.3 is 25.5 Å². The standard InChI is InChI=1S/C16H22N2O.C6H8O7/c1-15-7-16(2)10-17(8-15)14(18(9-15)11-16)12-3-5-13(19)6-4-12;7-3(8)1-6(13,5(11)12)2-4(9)10/h3-6,14,19H,7-11H2,1-2H3;13H,1-2H2,(H,7,8)(H,9,10)(H,11,12). The second-order valence-corrected chi connectivity index (χ2v) is 10.1. The topological polar surface area (TPSA) is 159 Å². The predicted molar refractivity (Wildman–Crippen MR) is 112 cm³/mol. The first-order valence-corrected chi connectivity index (χ1v) is 10.4. The number of aliphatic hydroxyl groups is 1. The summed E-state index contributed by atoms with van der Waals surface area (Å²) in [4.78, 5) is 35.8. The number of phenols is 1. The minimum Gasteiger partial charge on any atom is -0.508 e. The van der Waals surface area contributed by atoms with E-state index < -0.39 is 36.4 Å². The molecular weight excluding hydrogens is 420 g/mol. The third-order valence-corrected chi connectivity index (χ3v) is 6.36. The number of phenolic OH excluding ortho intramolecular Hbond substituents is 1. The zero-order chi connectivity index (χ0) is 23.9. The number of carboxylic acid groups (broad SMARTS) is 3. The van der Waals surface area contributed by atoms with Crippen LogP contribution in [0.2, 0.25) is 0 Å². The number of benzene rings is 1. The lowest BCUT2D eigenvalue weighted by atomic mass is 9.63. The van der Waals surface area contributed by atoms with E-state index in [-0.39, 0.29) is 0 Å². The van der Waals surface area contributed by atoms with Gasteiger partial charge in [-0.25, -0.2) is 4.79 Å². The zero-order valence-electron chi connectivity index (χ0n) is 18.2. The molecule has 4 fully saturated rings. The Morgan fingerprint density at radius 2 is 1.31 bits per heavy atom. The Bertz CT molecular complexity index is 848. The summed E-state index contributed by atoms with van der Waals surface area (Å²) in [6.45, 7) is 9.73.